The molecule has 1 unspecified atom stereocenters. The van der Waals surface area contributed by atoms with E-state index in [1.165, 1.54) is 4.31 Å². The van der Waals surface area contributed by atoms with Gasteiger partial charge in [-0.1, -0.05) is 6.92 Å². The van der Waals surface area contributed by atoms with Crippen LogP contribution in [0.25, 0.3) is 0 Å². The standard InChI is InChI=1S/C12H21NO4S2/c1-4-10(2)13(7-8-17-3)19(15,16)12-6-5-11(9-14)18-12/h5-6,10,14H,4,7-9H2,1-3H3. The van der Waals surface area contributed by atoms with Crippen LogP contribution in [0.1, 0.15) is 25.1 Å². The smallest absolute Gasteiger partial charge is 0.252 e. The Kier molecular flexibility index (Phi) is 6.41. The summed E-state index contributed by atoms with van der Waals surface area (Å²) in [6.45, 7) is 4.39. The molecule has 0 saturated heterocycles. The fourth-order valence-electron chi connectivity index (χ4n) is 1.66. The summed E-state index contributed by atoms with van der Waals surface area (Å²) < 4.78 is 31.8. The number of nitrogens with zero attached hydrogens (tertiary/aromatic N) is 1. The van der Waals surface area contributed by atoms with E-state index >= 15 is 0 Å². The van der Waals surface area contributed by atoms with Crippen LogP contribution in [-0.2, 0) is 21.4 Å². The molecule has 5 nitrogen and oxygen atoms in total. The fourth-order valence-corrected chi connectivity index (χ4v) is 4.69. The molecule has 0 fully saturated rings. The van der Waals surface area contributed by atoms with Crippen LogP contribution in [0.15, 0.2) is 16.3 Å². The Balaban J connectivity index is 3.04. The highest BCUT2D eigenvalue weighted by Gasteiger charge is 2.29. The van der Waals surface area contributed by atoms with E-state index in [0.29, 0.717) is 18.0 Å². The molecule has 0 aliphatic rings. The van der Waals surface area contributed by atoms with Gasteiger partial charge in [0.25, 0.3) is 10.0 Å². The predicted molar refractivity (Wildman–Crippen MR) is 75.8 cm³/mol. The molecule has 19 heavy (non-hydrogen) atoms. The highest BCUT2D eigenvalue weighted by molar-refractivity contribution is 7.91. The maximum atomic E-state index is 12.6. The zero-order valence-electron chi connectivity index (χ0n) is 11.5. The van der Waals surface area contributed by atoms with Crippen molar-refractivity contribution in [3.63, 3.8) is 0 Å². The van der Waals surface area contributed by atoms with Crippen molar-refractivity contribution in [2.75, 3.05) is 20.3 Å². The van der Waals surface area contributed by atoms with E-state index in [0.717, 1.165) is 17.8 Å². The van der Waals surface area contributed by atoms with Gasteiger partial charge < -0.3 is 9.84 Å². The van der Waals surface area contributed by atoms with Gasteiger partial charge in [0, 0.05) is 24.6 Å². The molecule has 0 aliphatic carbocycles. The Morgan fingerprint density at radius 2 is 2.16 bits per heavy atom. The van der Waals surface area contributed by atoms with Gasteiger partial charge in [-0.25, -0.2) is 8.42 Å². The van der Waals surface area contributed by atoms with Crippen LogP contribution < -0.4 is 0 Å². The van der Waals surface area contributed by atoms with Gasteiger partial charge in [-0.05, 0) is 25.5 Å². The van der Waals surface area contributed by atoms with Crippen molar-refractivity contribution < 1.29 is 18.3 Å². The Hall–Kier alpha value is -0.470. The van der Waals surface area contributed by atoms with Crippen LogP contribution in [0.5, 0.6) is 0 Å². The molecule has 0 amide bonds. The summed E-state index contributed by atoms with van der Waals surface area (Å²) >= 11 is 1.11. The number of rotatable bonds is 8. The number of hydrogen-bond donors (Lipinski definition) is 1. The van der Waals surface area contributed by atoms with Gasteiger partial charge >= 0.3 is 0 Å². The van der Waals surface area contributed by atoms with Gasteiger partial charge in [0.05, 0.1) is 13.2 Å². The summed E-state index contributed by atoms with van der Waals surface area (Å²) in [5.41, 5.74) is 0. The Morgan fingerprint density at radius 1 is 1.47 bits per heavy atom. The highest BCUT2D eigenvalue weighted by Crippen LogP contribution is 2.26. The van der Waals surface area contributed by atoms with Crippen LogP contribution in [0.4, 0.5) is 0 Å². The van der Waals surface area contributed by atoms with Crippen molar-refractivity contribution in [3.8, 4) is 0 Å². The number of methoxy groups -OCH3 is 1. The molecule has 1 heterocycles. The minimum atomic E-state index is -3.51. The van der Waals surface area contributed by atoms with Crippen molar-refractivity contribution in [1.82, 2.24) is 4.31 Å². The van der Waals surface area contributed by atoms with Crippen LogP contribution in [-0.4, -0.2) is 44.1 Å². The first-order chi connectivity index (χ1) is 8.97. The van der Waals surface area contributed by atoms with E-state index in [2.05, 4.69) is 0 Å². The summed E-state index contributed by atoms with van der Waals surface area (Å²) in [6, 6.07) is 3.11. The van der Waals surface area contributed by atoms with E-state index in [9.17, 15) is 8.42 Å². The van der Waals surface area contributed by atoms with E-state index in [1.54, 1.807) is 19.2 Å². The third kappa shape index (κ3) is 4.00. The Labute approximate surface area is 118 Å². The maximum absolute atomic E-state index is 12.6. The average Bonchev–Trinajstić information content (AvgIpc) is 2.88. The molecule has 0 spiro atoms. The van der Waals surface area contributed by atoms with Crippen molar-refractivity contribution in [3.05, 3.63) is 17.0 Å². The monoisotopic (exact) mass is 307 g/mol. The molecule has 1 aromatic rings. The maximum Gasteiger partial charge on any atom is 0.252 e. The number of sulfonamides is 1. The molecule has 1 rings (SSSR count). The molecule has 1 N–H and O–H groups in total. The predicted octanol–water partition coefficient (Wildman–Crippen LogP) is 1.68. The minimum Gasteiger partial charge on any atom is -0.391 e. The lowest BCUT2D eigenvalue weighted by Gasteiger charge is -2.26. The van der Waals surface area contributed by atoms with E-state index in [4.69, 9.17) is 9.84 Å². The molecule has 7 heteroatoms. The van der Waals surface area contributed by atoms with Crippen LogP contribution >= 0.6 is 11.3 Å². The largest absolute Gasteiger partial charge is 0.391 e. The van der Waals surface area contributed by atoms with E-state index in [1.807, 2.05) is 13.8 Å². The topological polar surface area (TPSA) is 66.8 Å². The van der Waals surface area contributed by atoms with Crippen molar-refractivity contribution in [2.45, 2.75) is 37.1 Å². The molecule has 1 atom stereocenters. The first kappa shape index (κ1) is 16.6. The quantitative estimate of drug-likeness (QED) is 0.793. The SMILES string of the molecule is CCC(C)N(CCOC)S(=O)(=O)c1ccc(CO)s1. The fraction of sp³-hybridized carbons (Fsp3) is 0.667. The van der Waals surface area contributed by atoms with Crippen LogP contribution in [0.3, 0.4) is 0 Å². The molecule has 0 aromatic carbocycles. The number of aliphatic hydroxyl groups excluding tert-OH is 1. The van der Waals surface area contributed by atoms with Crippen molar-refractivity contribution in [1.29, 1.82) is 0 Å². The second-order valence-electron chi connectivity index (χ2n) is 4.24. The number of thiophene rings is 1. The lowest BCUT2D eigenvalue weighted by molar-refractivity contribution is 0.167. The number of aliphatic hydroxyl groups is 1. The molecule has 0 aliphatic heterocycles. The highest BCUT2D eigenvalue weighted by atomic mass is 32.2. The molecule has 0 bridgehead atoms. The van der Waals surface area contributed by atoms with Gasteiger partial charge in [0.15, 0.2) is 0 Å². The number of ether oxygens (including phenoxy) is 1. The summed E-state index contributed by atoms with van der Waals surface area (Å²) in [5.74, 6) is 0. The molecule has 0 radical (unpaired) electrons. The zero-order valence-corrected chi connectivity index (χ0v) is 13.1. The van der Waals surface area contributed by atoms with Gasteiger partial charge in [0.2, 0.25) is 0 Å². The molecule has 0 saturated carbocycles. The molecular formula is C12H21NO4S2. The lowest BCUT2D eigenvalue weighted by Crippen LogP contribution is -2.40. The summed E-state index contributed by atoms with van der Waals surface area (Å²) in [7, 11) is -1.96. The van der Waals surface area contributed by atoms with Crippen LogP contribution in [0, 0.1) is 0 Å². The molecule has 1 aromatic heterocycles. The van der Waals surface area contributed by atoms with Gasteiger partial charge in [-0.3, -0.25) is 0 Å². The Morgan fingerprint density at radius 3 is 2.63 bits per heavy atom. The second kappa shape index (κ2) is 7.35. The lowest BCUT2D eigenvalue weighted by atomic mass is 10.3. The van der Waals surface area contributed by atoms with Crippen molar-refractivity contribution in [2.24, 2.45) is 0 Å². The van der Waals surface area contributed by atoms with Gasteiger partial charge in [-0.15, -0.1) is 11.3 Å². The van der Waals surface area contributed by atoms with Crippen LogP contribution in [0.2, 0.25) is 0 Å². The first-order valence-electron chi connectivity index (χ1n) is 6.17. The van der Waals surface area contributed by atoms with Gasteiger partial charge in [-0.2, -0.15) is 4.31 Å². The molecule has 110 valence electrons. The minimum absolute atomic E-state index is 0.0835. The summed E-state index contributed by atoms with van der Waals surface area (Å²) in [5, 5.41) is 9.03. The summed E-state index contributed by atoms with van der Waals surface area (Å²) in [6.07, 6.45) is 0.737. The third-order valence-electron chi connectivity index (χ3n) is 2.95. The second-order valence-corrected chi connectivity index (χ2v) is 7.53. The third-order valence-corrected chi connectivity index (χ3v) is 6.51. The average molecular weight is 307 g/mol. The Bertz CT molecular complexity index is 484. The molecular weight excluding hydrogens is 286 g/mol. The first-order valence-corrected chi connectivity index (χ1v) is 8.43. The zero-order chi connectivity index (χ0) is 14.5. The van der Waals surface area contributed by atoms with E-state index in [-0.39, 0.29) is 16.9 Å². The van der Waals surface area contributed by atoms with Gasteiger partial charge in [0.1, 0.15) is 4.21 Å². The number of hydrogen-bond acceptors (Lipinski definition) is 5. The van der Waals surface area contributed by atoms with E-state index < -0.39 is 10.0 Å². The summed E-state index contributed by atoms with van der Waals surface area (Å²) in [4.78, 5) is 0.648. The van der Waals surface area contributed by atoms with Crippen molar-refractivity contribution >= 4 is 21.4 Å². The normalized spacial score (nSPS) is 13.9.